The smallest absolute Gasteiger partial charge is 0.242 e. The lowest BCUT2D eigenvalue weighted by molar-refractivity contribution is -0.123. The van der Waals surface area contributed by atoms with E-state index in [1.54, 1.807) is 11.6 Å². The molecule has 2 N–H and O–H groups in total. The van der Waals surface area contributed by atoms with Crippen molar-refractivity contribution >= 4 is 18.1 Å². The van der Waals surface area contributed by atoms with Crippen LogP contribution in [0.2, 0.25) is 0 Å². The van der Waals surface area contributed by atoms with Gasteiger partial charge in [-0.3, -0.25) is 4.79 Å². The fourth-order valence-corrected chi connectivity index (χ4v) is 1.53. The Balaban J connectivity index is 3.01. The number of aryl methyl sites for hydroxylation is 1. The number of amides is 1. The lowest BCUT2D eigenvalue weighted by Gasteiger charge is -2.10. The van der Waals surface area contributed by atoms with Crippen LogP contribution in [-0.2, 0) is 4.79 Å². The van der Waals surface area contributed by atoms with Gasteiger partial charge in [-0.1, -0.05) is 0 Å². The Kier molecular flexibility index (Phi) is 2.87. The van der Waals surface area contributed by atoms with E-state index in [1.165, 1.54) is 0 Å². The molecule has 0 spiro atoms. The fraction of sp³-hybridized carbons (Fsp3) is 0.500. The summed E-state index contributed by atoms with van der Waals surface area (Å²) < 4.78 is 2.32. The quantitative estimate of drug-likeness (QED) is 0.702. The Hall–Kier alpha value is -1.10. The van der Waals surface area contributed by atoms with E-state index < -0.39 is 0 Å². The predicted octanol–water partition coefficient (Wildman–Crippen LogP) is 1.16. The summed E-state index contributed by atoms with van der Waals surface area (Å²) in [6.07, 6.45) is 1.84. The molecule has 0 saturated heterocycles. The topological polar surface area (TPSA) is 49.8 Å². The molecule has 0 aliphatic heterocycles. The van der Waals surface area contributed by atoms with Gasteiger partial charge in [-0.25, -0.2) is 0 Å². The predicted molar refractivity (Wildman–Crippen MR) is 53.1 cm³/mol. The van der Waals surface area contributed by atoms with Crippen molar-refractivity contribution in [3.8, 4) is 0 Å². The second kappa shape index (κ2) is 3.74. The standard InChI is InChI=1S/C8H13N3OS/c1-5-4-11(8(13)10-5)6(2)7(12)9-3/h4,6H,1-3H3,(H,9,12)(H,10,13). The van der Waals surface area contributed by atoms with Gasteiger partial charge in [0, 0.05) is 18.9 Å². The summed E-state index contributed by atoms with van der Waals surface area (Å²) in [5.41, 5.74) is 0.959. The van der Waals surface area contributed by atoms with Crippen LogP contribution in [0.4, 0.5) is 0 Å². The number of nitrogens with zero attached hydrogens (tertiary/aromatic N) is 1. The Morgan fingerprint density at radius 3 is 2.77 bits per heavy atom. The van der Waals surface area contributed by atoms with Gasteiger partial charge in [0.05, 0.1) is 0 Å². The van der Waals surface area contributed by atoms with Crippen molar-refractivity contribution in [3.63, 3.8) is 0 Å². The summed E-state index contributed by atoms with van der Waals surface area (Å²) >= 11 is 5.04. The molecule has 0 bridgehead atoms. The molecule has 1 atom stereocenters. The van der Waals surface area contributed by atoms with E-state index in [-0.39, 0.29) is 11.9 Å². The third-order valence-corrected chi connectivity index (χ3v) is 2.23. The molecule has 13 heavy (non-hydrogen) atoms. The van der Waals surface area contributed by atoms with Crippen LogP contribution in [0.15, 0.2) is 6.20 Å². The van der Waals surface area contributed by atoms with Crippen LogP contribution < -0.4 is 5.32 Å². The summed E-state index contributed by atoms with van der Waals surface area (Å²) in [4.78, 5) is 14.2. The Morgan fingerprint density at radius 2 is 2.38 bits per heavy atom. The fourth-order valence-electron chi connectivity index (χ4n) is 1.16. The van der Waals surface area contributed by atoms with E-state index in [2.05, 4.69) is 10.3 Å². The van der Waals surface area contributed by atoms with E-state index in [4.69, 9.17) is 12.2 Å². The first-order valence-corrected chi connectivity index (χ1v) is 4.46. The highest BCUT2D eigenvalue weighted by molar-refractivity contribution is 7.71. The van der Waals surface area contributed by atoms with Crippen molar-refractivity contribution in [1.29, 1.82) is 0 Å². The van der Waals surface area contributed by atoms with Gasteiger partial charge in [0.15, 0.2) is 4.77 Å². The molecule has 1 aromatic rings. The molecule has 0 aromatic carbocycles. The van der Waals surface area contributed by atoms with Gasteiger partial charge in [0.1, 0.15) is 6.04 Å². The SMILES string of the molecule is CNC(=O)C(C)n1cc(C)[nH]c1=S. The van der Waals surface area contributed by atoms with Crippen LogP contribution in [0.1, 0.15) is 18.7 Å². The Labute approximate surface area is 82.0 Å². The van der Waals surface area contributed by atoms with E-state index in [0.717, 1.165) is 5.69 Å². The molecule has 4 nitrogen and oxygen atoms in total. The lowest BCUT2D eigenvalue weighted by Crippen LogP contribution is -2.27. The first-order chi connectivity index (χ1) is 6.06. The van der Waals surface area contributed by atoms with E-state index in [1.807, 2.05) is 20.0 Å². The van der Waals surface area contributed by atoms with Crippen LogP contribution in [0, 0.1) is 11.7 Å². The first kappa shape index (κ1) is 9.98. The van der Waals surface area contributed by atoms with Gasteiger partial charge in [0.25, 0.3) is 0 Å². The molecule has 5 heteroatoms. The number of hydrogen-bond acceptors (Lipinski definition) is 2. The van der Waals surface area contributed by atoms with Gasteiger partial charge < -0.3 is 14.9 Å². The van der Waals surface area contributed by atoms with Gasteiger partial charge >= 0.3 is 0 Å². The lowest BCUT2D eigenvalue weighted by atomic mass is 10.3. The summed E-state index contributed by atoms with van der Waals surface area (Å²) in [5, 5.41) is 2.58. The molecule has 1 heterocycles. The van der Waals surface area contributed by atoms with Gasteiger partial charge in [0.2, 0.25) is 5.91 Å². The van der Waals surface area contributed by atoms with Crippen molar-refractivity contribution in [3.05, 3.63) is 16.7 Å². The van der Waals surface area contributed by atoms with Crippen molar-refractivity contribution in [2.24, 2.45) is 0 Å². The number of hydrogen-bond donors (Lipinski definition) is 2. The van der Waals surface area contributed by atoms with Crippen molar-refractivity contribution < 1.29 is 4.79 Å². The zero-order valence-corrected chi connectivity index (χ0v) is 8.73. The zero-order chi connectivity index (χ0) is 10.0. The van der Waals surface area contributed by atoms with Crippen LogP contribution in [-0.4, -0.2) is 22.5 Å². The number of carbonyl (C=O) groups excluding carboxylic acids is 1. The maximum atomic E-state index is 11.3. The first-order valence-electron chi connectivity index (χ1n) is 4.05. The minimum absolute atomic E-state index is 0.0462. The Morgan fingerprint density at radius 1 is 1.77 bits per heavy atom. The molecular formula is C8H13N3OS. The number of likely N-dealkylation sites (N-methyl/N-ethyl adjacent to an activating group) is 1. The number of imidazole rings is 1. The molecule has 0 aliphatic rings. The minimum atomic E-state index is -0.262. The molecule has 0 saturated carbocycles. The summed E-state index contributed by atoms with van der Waals surface area (Å²) in [6.45, 7) is 3.71. The summed E-state index contributed by atoms with van der Waals surface area (Å²) in [5.74, 6) is -0.0462. The maximum Gasteiger partial charge on any atom is 0.242 e. The highest BCUT2D eigenvalue weighted by Gasteiger charge is 2.13. The third kappa shape index (κ3) is 1.98. The summed E-state index contributed by atoms with van der Waals surface area (Å²) in [7, 11) is 1.61. The molecule has 1 unspecified atom stereocenters. The van der Waals surface area contributed by atoms with Crippen molar-refractivity contribution in [2.75, 3.05) is 7.05 Å². The normalized spacial score (nSPS) is 12.5. The van der Waals surface area contributed by atoms with Gasteiger partial charge in [-0.05, 0) is 26.1 Å². The molecule has 0 fully saturated rings. The molecule has 72 valence electrons. The second-order valence-corrected chi connectivity index (χ2v) is 3.33. The molecular weight excluding hydrogens is 186 g/mol. The largest absolute Gasteiger partial charge is 0.357 e. The van der Waals surface area contributed by atoms with Crippen LogP contribution >= 0.6 is 12.2 Å². The number of H-pyrrole nitrogens is 1. The average molecular weight is 199 g/mol. The molecule has 1 rings (SSSR count). The average Bonchev–Trinajstić information content (AvgIpc) is 2.42. The highest BCUT2D eigenvalue weighted by Crippen LogP contribution is 2.08. The minimum Gasteiger partial charge on any atom is -0.357 e. The summed E-state index contributed by atoms with van der Waals surface area (Å²) in [6, 6.07) is -0.262. The number of aromatic amines is 1. The second-order valence-electron chi connectivity index (χ2n) is 2.94. The molecule has 0 radical (unpaired) electrons. The molecule has 1 amide bonds. The maximum absolute atomic E-state index is 11.3. The van der Waals surface area contributed by atoms with Gasteiger partial charge in [-0.15, -0.1) is 0 Å². The Bertz CT molecular complexity index is 366. The van der Waals surface area contributed by atoms with Gasteiger partial charge in [-0.2, -0.15) is 0 Å². The number of aromatic nitrogens is 2. The van der Waals surface area contributed by atoms with Crippen LogP contribution in [0.25, 0.3) is 0 Å². The van der Waals surface area contributed by atoms with E-state index in [0.29, 0.717) is 4.77 Å². The zero-order valence-electron chi connectivity index (χ0n) is 7.92. The van der Waals surface area contributed by atoms with Crippen LogP contribution in [0.3, 0.4) is 0 Å². The number of nitrogens with one attached hydrogen (secondary N) is 2. The monoisotopic (exact) mass is 199 g/mol. The molecule has 0 aliphatic carbocycles. The third-order valence-electron chi connectivity index (χ3n) is 1.91. The van der Waals surface area contributed by atoms with E-state index in [9.17, 15) is 4.79 Å². The molecule has 1 aromatic heterocycles. The highest BCUT2D eigenvalue weighted by atomic mass is 32.1. The number of rotatable bonds is 2. The van der Waals surface area contributed by atoms with Crippen LogP contribution in [0.5, 0.6) is 0 Å². The number of carbonyl (C=O) groups is 1. The van der Waals surface area contributed by atoms with E-state index >= 15 is 0 Å². The van der Waals surface area contributed by atoms with Crippen molar-refractivity contribution in [2.45, 2.75) is 19.9 Å². The van der Waals surface area contributed by atoms with Crippen molar-refractivity contribution in [1.82, 2.24) is 14.9 Å².